The molecule has 0 radical (unpaired) electrons. The maximum Gasteiger partial charge on any atom is 0.234 e. The van der Waals surface area contributed by atoms with Crippen molar-refractivity contribution in [2.75, 3.05) is 11.1 Å². The van der Waals surface area contributed by atoms with Gasteiger partial charge in [0.05, 0.1) is 10.6 Å². The van der Waals surface area contributed by atoms with Gasteiger partial charge in [-0.25, -0.2) is 4.39 Å². The molecule has 1 N–H and O–H groups in total. The van der Waals surface area contributed by atoms with Crippen molar-refractivity contribution in [3.63, 3.8) is 0 Å². The standard InChI is InChI=1S/C17H17FN4OS2/c1-11(2)22-16(14-4-3-9-24-14)20-21-17(22)25-10-15(23)19-13-7-5-12(18)6-8-13/h3-9,11H,10H2,1-2H3,(H,19,23). The number of hydrogen-bond acceptors (Lipinski definition) is 5. The molecule has 25 heavy (non-hydrogen) atoms. The largest absolute Gasteiger partial charge is 0.325 e. The number of carbonyl (C=O) groups is 1. The van der Waals surface area contributed by atoms with E-state index in [0.717, 1.165) is 10.7 Å². The average molecular weight is 376 g/mol. The summed E-state index contributed by atoms with van der Waals surface area (Å²) in [4.78, 5) is 13.2. The molecule has 0 saturated carbocycles. The third-order valence-corrected chi connectivity index (χ3v) is 5.19. The first kappa shape index (κ1) is 17.6. The van der Waals surface area contributed by atoms with Gasteiger partial charge in [0.1, 0.15) is 5.82 Å². The fraction of sp³-hybridized carbons (Fsp3) is 0.235. The fourth-order valence-electron chi connectivity index (χ4n) is 2.28. The number of thiophene rings is 1. The van der Waals surface area contributed by atoms with Crippen molar-refractivity contribution in [1.29, 1.82) is 0 Å². The number of benzene rings is 1. The van der Waals surface area contributed by atoms with E-state index in [1.54, 1.807) is 11.3 Å². The molecule has 0 aliphatic carbocycles. The van der Waals surface area contributed by atoms with E-state index in [-0.39, 0.29) is 23.5 Å². The molecule has 2 aromatic heterocycles. The Morgan fingerprint density at radius 2 is 2.04 bits per heavy atom. The first-order chi connectivity index (χ1) is 12.0. The lowest BCUT2D eigenvalue weighted by Crippen LogP contribution is -2.15. The van der Waals surface area contributed by atoms with Crippen LogP contribution < -0.4 is 5.32 Å². The average Bonchev–Trinajstić information content (AvgIpc) is 3.24. The smallest absolute Gasteiger partial charge is 0.234 e. The highest BCUT2D eigenvalue weighted by molar-refractivity contribution is 7.99. The van der Waals surface area contributed by atoms with Crippen LogP contribution in [0.5, 0.6) is 0 Å². The number of nitrogens with zero attached hydrogens (tertiary/aromatic N) is 3. The Kier molecular flexibility index (Phi) is 5.50. The van der Waals surface area contributed by atoms with E-state index in [9.17, 15) is 9.18 Å². The third-order valence-electron chi connectivity index (χ3n) is 3.38. The monoisotopic (exact) mass is 376 g/mol. The van der Waals surface area contributed by atoms with Crippen molar-refractivity contribution in [3.05, 3.63) is 47.6 Å². The van der Waals surface area contributed by atoms with Gasteiger partial charge in [0, 0.05) is 11.7 Å². The molecule has 0 atom stereocenters. The number of nitrogens with one attached hydrogen (secondary N) is 1. The van der Waals surface area contributed by atoms with Crippen LogP contribution in [0.2, 0.25) is 0 Å². The first-order valence-electron chi connectivity index (χ1n) is 7.71. The molecule has 2 heterocycles. The van der Waals surface area contributed by atoms with E-state index < -0.39 is 0 Å². The molecule has 0 aliphatic rings. The zero-order valence-electron chi connectivity index (χ0n) is 13.8. The van der Waals surface area contributed by atoms with Crippen LogP contribution in [0.1, 0.15) is 19.9 Å². The molecule has 0 unspecified atom stereocenters. The van der Waals surface area contributed by atoms with Gasteiger partial charge in [-0.15, -0.1) is 21.5 Å². The molecule has 0 saturated heterocycles. The number of hydrogen-bond donors (Lipinski definition) is 1. The van der Waals surface area contributed by atoms with Gasteiger partial charge in [-0.2, -0.15) is 0 Å². The SMILES string of the molecule is CC(C)n1c(SCC(=O)Nc2ccc(F)cc2)nnc1-c1cccs1. The molecule has 3 rings (SSSR count). The van der Waals surface area contributed by atoms with Gasteiger partial charge in [0.2, 0.25) is 5.91 Å². The molecule has 130 valence electrons. The molecule has 5 nitrogen and oxygen atoms in total. The Balaban J connectivity index is 1.68. The third kappa shape index (κ3) is 4.26. The van der Waals surface area contributed by atoms with Gasteiger partial charge < -0.3 is 5.32 Å². The van der Waals surface area contributed by atoms with Crippen LogP contribution in [0.15, 0.2) is 46.9 Å². The lowest BCUT2D eigenvalue weighted by atomic mass is 10.3. The van der Waals surface area contributed by atoms with Gasteiger partial charge >= 0.3 is 0 Å². The summed E-state index contributed by atoms with van der Waals surface area (Å²) >= 11 is 2.94. The summed E-state index contributed by atoms with van der Waals surface area (Å²) in [6, 6.07) is 9.84. The van der Waals surface area contributed by atoms with Crippen LogP contribution in [0, 0.1) is 5.82 Å². The van der Waals surface area contributed by atoms with Crippen molar-refractivity contribution >= 4 is 34.7 Å². The second-order valence-electron chi connectivity index (χ2n) is 5.59. The second kappa shape index (κ2) is 7.79. The highest BCUT2D eigenvalue weighted by atomic mass is 32.2. The molecule has 0 aliphatic heterocycles. The Morgan fingerprint density at radius 3 is 2.68 bits per heavy atom. The lowest BCUT2D eigenvalue weighted by Gasteiger charge is -2.12. The molecule has 1 aromatic carbocycles. The summed E-state index contributed by atoms with van der Waals surface area (Å²) in [5, 5.41) is 14.0. The highest BCUT2D eigenvalue weighted by Crippen LogP contribution is 2.30. The minimum atomic E-state index is -0.335. The van der Waals surface area contributed by atoms with E-state index in [4.69, 9.17) is 0 Å². The van der Waals surface area contributed by atoms with Crippen molar-refractivity contribution in [2.45, 2.75) is 25.0 Å². The predicted molar refractivity (Wildman–Crippen MR) is 99.5 cm³/mol. The van der Waals surface area contributed by atoms with Gasteiger partial charge in [0.15, 0.2) is 11.0 Å². The Bertz CT molecular complexity index is 844. The van der Waals surface area contributed by atoms with Gasteiger partial charge in [-0.1, -0.05) is 17.8 Å². The number of amides is 1. The summed E-state index contributed by atoms with van der Waals surface area (Å²) in [6.45, 7) is 4.12. The highest BCUT2D eigenvalue weighted by Gasteiger charge is 2.18. The number of aromatic nitrogens is 3. The van der Waals surface area contributed by atoms with Crippen molar-refractivity contribution in [2.24, 2.45) is 0 Å². The van der Waals surface area contributed by atoms with Crippen LogP contribution >= 0.6 is 23.1 Å². The Morgan fingerprint density at radius 1 is 1.28 bits per heavy atom. The van der Waals surface area contributed by atoms with E-state index in [0.29, 0.717) is 10.8 Å². The molecule has 0 spiro atoms. The predicted octanol–water partition coefficient (Wildman–Crippen LogP) is 4.46. The number of thioether (sulfide) groups is 1. The number of carbonyl (C=O) groups excluding carboxylic acids is 1. The molecular formula is C17H17FN4OS2. The zero-order valence-corrected chi connectivity index (χ0v) is 15.4. The van der Waals surface area contributed by atoms with E-state index in [2.05, 4.69) is 29.4 Å². The topological polar surface area (TPSA) is 59.8 Å². The van der Waals surface area contributed by atoms with Gasteiger partial charge in [0.25, 0.3) is 0 Å². The minimum Gasteiger partial charge on any atom is -0.325 e. The number of rotatable bonds is 6. The second-order valence-corrected chi connectivity index (χ2v) is 7.48. The molecule has 3 aromatic rings. The van der Waals surface area contributed by atoms with Crippen LogP contribution in [-0.2, 0) is 4.79 Å². The lowest BCUT2D eigenvalue weighted by molar-refractivity contribution is -0.113. The van der Waals surface area contributed by atoms with Crippen LogP contribution in [0.25, 0.3) is 10.7 Å². The summed E-state index contributed by atoms with van der Waals surface area (Å²) in [7, 11) is 0. The van der Waals surface area contributed by atoms with Crippen LogP contribution in [0.4, 0.5) is 10.1 Å². The first-order valence-corrected chi connectivity index (χ1v) is 9.58. The maximum absolute atomic E-state index is 12.9. The Labute approximate surface area is 153 Å². The van der Waals surface area contributed by atoms with E-state index in [1.165, 1.54) is 36.0 Å². The minimum absolute atomic E-state index is 0.174. The van der Waals surface area contributed by atoms with Crippen LogP contribution in [-0.4, -0.2) is 26.4 Å². The van der Waals surface area contributed by atoms with E-state index >= 15 is 0 Å². The fourth-order valence-corrected chi connectivity index (χ4v) is 3.85. The zero-order chi connectivity index (χ0) is 17.8. The molecule has 1 amide bonds. The Hall–Kier alpha value is -2.19. The van der Waals surface area contributed by atoms with Crippen LogP contribution in [0.3, 0.4) is 0 Å². The summed E-state index contributed by atoms with van der Waals surface area (Å²) in [5.41, 5.74) is 0.566. The molecule has 0 bridgehead atoms. The molecule has 0 fully saturated rings. The van der Waals surface area contributed by atoms with Crippen molar-refractivity contribution < 1.29 is 9.18 Å². The van der Waals surface area contributed by atoms with E-state index in [1.807, 2.05) is 22.1 Å². The quantitative estimate of drug-likeness (QED) is 0.646. The van der Waals surface area contributed by atoms with Gasteiger partial charge in [-0.3, -0.25) is 9.36 Å². The molecule has 8 heteroatoms. The summed E-state index contributed by atoms with van der Waals surface area (Å²) in [5.74, 6) is 0.504. The van der Waals surface area contributed by atoms with Crippen molar-refractivity contribution in [1.82, 2.24) is 14.8 Å². The summed E-state index contributed by atoms with van der Waals surface area (Å²) < 4.78 is 14.9. The normalized spacial score (nSPS) is 11.0. The maximum atomic E-state index is 12.9. The van der Waals surface area contributed by atoms with Crippen molar-refractivity contribution in [3.8, 4) is 10.7 Å². The number of anilines is 1. The summed E-state index contributed by atoms with van der Waals surface area (Å²) in [6.07, 6.45) is 0. The molecular weight excluding hydrogens is 359 g/mol. The number of halogens is 1. The van der Waals surface area contributed by atoms with Gasteiger partial charge in [-0.05, 0) is 49.6 Å².